The molecule has 0 saturated heterocycles. The van der Waals surface area contributed by atoms with Crippen LogP contribution >= 0.6 is 11.6 Å². The summed E-state index contributed by atoms with van der Waals surface area (Å²) in [6.07, 6.45) is 1.47. The van der Waals surface area contributed by atoms with E-state index < -0.39 is 0 Å². The number of hydrazone groups is 1. The lowest BCUT2D eigenvalue weighted by molar-refractivity contribution is -0.118. The lowest BCUT2D eigenvalue weighted by atomic mass is 10.2. The highest BCUT2D eigenvalue weighted by Gasteiger charge is 2.08. The number of ether oxygens (including phenoxy) is 2. The lowest BCUT2D eigenvalue weighted by Crippen LogP contribution is -2.20. The molecule has 2 N–H and O–H groups in total. The maximum Gasteiger partial charge on any atom is 0.271 e. The average molecular weight is 438 g/mol. The van der Waals surface area contributed by atoms with E-state index in [1.807, 2.05) is 6.07 Å². The van der Waals surface area contributed by atoms with Gasteiger partial charge in [0.25, 0.3) is 11.8 Å². The molecule has 3 aromatic rings. The summed E-state index contributed by atoms with van der Waals surface area (Å²) in [5, 5.41) is 6.96. The molecule has 0 aromatic heterocycles. The van der Waals surface area contributed by atoms with Crippen molar-refractivity contribution in [3.05, 3.63) is 88.9 Å². The number of rotatable bonds is 8. The summed E-state index contributed by atoms with van der Waals surface area (Å²) in [4.78, 5) is 24.0. The third kappa shape index (κ3) is 6.58. The molecule has 0 bridgehead atoms. The Bertz CT molecular complexity index is 1070. The predicted octanol–water partition coefficient (Wildman–Crippen LogP) is 4.13. The molecule has 31 heavy (non-hydrogen) atoms. The molecule has 7 nitrogen and oxygen atoms in total. The van der Waals surface area contributed by atoms with Crippen LogP contribution in [0.5, 0.6) is 11.5 Å². The van der Waals surface area contributed by atoms with Crippen LogP contribution in [-0.2, 0) is 4.79 Å². The van der Waals surface area contributed by atoms with Crippen molar-refractivity contribution in [1.29, 1.82) is 0 Å². The van der Waals surface area contributed by atoms with Crippen LogP contribution in [0.25, 0.3) is 0 Å². The second-order valence-electron chi connectivity index (χ2n) is 6.32. The van der Waals surface area contributed by atoms with Crippen LogP contribution in [0.3, 0.4) is 0 Å². The molecule has 0 atom stereocenters. The molecule has 0 spiro atoms. The number of nitrogens with zero attached hydrogens (tertiary/aromatic N) is 1. The minimum atomic E-state index is -0.324. The summed E-state index contributed by atoms with van der Waals surface area (Å²) in [6, 6.07) is 20.7. The molecular weight excluding hydrogens is 418 g/mol. The van der Waals surface area contributed by atoms with Crippen LogP contribution in [0, 0.1) is 0 Å². The molecule has 0 saturated carbocycles. The Morgan fingerprint density at radius 3 is 2.45 bits per heavy atom. The van der Waals surface area contributed by atoms with Crippen molar-refractivity contribution in [3.8, 4) is 11.5 Å². The predicted molar refractivity (Wildman–Crippen MR) is 120 cm³/mol. The Balaban J connectivity index is 1.50. The van der Waals surface area contributed by atoms with Gasteiger partial charge in [-0.3, -0.25) is 9.59 Å². The molecule has 0 radical (unpaired) electrons. The van der Waals surface area contributed by atoms with Gasteiger partial charge in [-0.2, -0.15) is 5.10 Å². The van der Waals surface area contributed by atoms with Crippen LogP contribution in [0.4, 0.5) is 5.69 Å². The van der Waals surface area contributed by atoms with Crippen molar-refractivity contribution in [3.63, 3.8) is 0 Å². The van der Waals surface area contributed by atoms with Gasteiger partial charge in [-0.25, -0.2) is 5.43 Å². The zero-order chi connectivity index (χ0) is 22.1. The maximum absolute atomic E-state index is 12.1. The van der Waals surface area contributed by atoms with Gasteiger partial charge in [0, 0.05) is 11.3 Å². The summed E-state index contributed by atoms with van der Waals surface area (Å²) in [7, 11) is 1.57. The second kappa shape index (κ2) is 10.8. The monoisotopic (exact) mass is 437 g/mol. The smallest absolute Gasteiger partial charge is 0.271 e. The number of nitrogens with one attached hydrogen (secondary N) is 2. The van der Waals surface area contributed by atoms with Gasteiger partial charge in [-0.05, 0) is 60.2 Å². The van der Waals surface area contributed by atoms with Gasteiger partial charge < -0.3 is 14.8 Å². The fourth-order valence-electron chi connectivity index (χ4n) is 2.55. The Hall–Kier alpha value is -3.84. The van der Waals surface area contributed by atoms with Crippen molar-refractivity contribution in [2.75, 3.05) is 19.0 Å². The summed E-state index contributed by atoms with van der Waals surface area (Å²) in [6.45, 7) is -0.202. The molecule has 3 rings (SSSR count). The maximum atomic E-state index is 12.1. The molecule has 0 heterocycles. The quantitative estimate of drug-likeness (QED) is 0.409. The van der Waals surface area contributed by atoms with Gasteiger partial charge >= 0.3 is 0 Å². The molecule has 2 amide bonds. The third-order valence-corrected chi connectivity index (χ3v) is 4.40. The Kier molecular flexibility index (Phi) is 7.61. The third-order valence-electron chi connectivity index (χ3n) is 4.10. The summed E-state index contributed by atoms with van der Waals surface area (Å²) in [5.74, 6) is 0.419. The first-order valence-electron chi connectivity index (χ1n) is 9.30. The first-order valence-corrected chi connectivity index (χ1v) is 9.67. The summed E-state index contributed by atoms with van der Waals surface area (Å²) < 4.78 is 10.6. The van der Waals surface area contributed by atoms with E-state index >= 15 is 0 Å². The van der Waals surface area contributed by atoms with E-state index in [9.17, 15) is 9.59 Å². The van der Waals surface area contributed by atoms with E-state index in [1.165, 1.54) is 6.21 Å². The van der Waals surface area contributed by atoms with Gasteiger partial charge in [0.05, 0.1) is 18.3 Å². The van der Waals surface area contributed by atoms with E-state index in [-0.39, 0.29) is 18.4 Å². The van der Waals surface area contributed by atoms with E-state index in [4.69, 9.17) is 21.1 Å². The summed E-state index contributed by atoms with van der Waals surface area (Å²) >= 11 is 6.22. The number of methoxy groups -OCH3 is 1. The number of hydrogen-bond donors (Lipinski definition) is 2. The Morgan fingerprint density at radius 1 is 1.03 bits per heavy atom. The van der Waals surface area contributed by atoms with Gasteiger partial charge in [-0.1, -0.05) is 29.8 Å². The highest BCUT2D eigenvalue weighted by Crippen LogP contribution is 2.25. The summed E-state index contributed by atoms with van der Waals surface area (Å²) in [5.41, 5.74) is 4.25. The first kappa shape index (κ1) is 21.9. The zero-order valence-corrected chi connectivity index (χ0v) is 17.4. The van der Waals surface area contributed by atoms with Crippen molar-refractivity contribution in [1.82, 2.24) is 5.43 Å². The van der Waals surface area contributed by atoms with Gasteiger partial charge in [0.1, 0.15) is 11.5 Å². The molecule has 0 aliphatic heterocycles. The standard InChI is InChI=1S/C23H20ClN3O4/c1-30-19-10-8-18(9-11-19)26-22(28)15-31-21-12-7-16(13-20(21)24)14-25-27-23(29)17-5-3-2-4-6-17/h2-14H,15H2,1H3,(H,26,28)(H,27,29)/b25-14+. The normalized spacial score (nSPS) is 10.5. The molecule has 8 heteroatoms. The first-order chi connectivity index (χ1) is 15.0. The number of amides is 2. The molecular formula is C23H20ClN3O4. The highest BCUT2D eigenvalue weighted by molar-refractivity contribution is 6.32. The highest BCUT2D eigenvalue weighted by atomic mass is 35.5. The van der Waals surface area contributed by atoms with Crippen molar-refractivity contribution in [2.24, 2.45) is 5.10 Å². The molecule has 158 valence electrons. The largest absolute Gasteiger partial charge is 0.497 e. The number of anilines is 1. The van der Waals surface area contributed by atoms with Crippen LogP contribution in [0.1, 0.15) is 15.9 Å². The SMILES string of the molecule is COc1ccc(NC(=O)COc2ccc(/C=N/NC(=O)c3ccccc3)cc2Cl)cc1. The number of halogens is 1. The minimum absolute atomic E-state index is 0.202. The molecule has 0 unspecified atom stereocenters. The number of benzene rings is 3. The topological polar surface area (TPSA) is 89.0 Å². The molecule has 0 aliphatic carbocycles. The van der Waals surface area contributed by atoms with Crippen LogP contribution < -0.4 is 20.2 Å². The fourth-order valence-corrected chi connectivity index (χ4v) is 2.79. The number of carbonyl (C=O) groups excluding carboxylic acids is 2. The zero-order valence-electron chi connectivity index (χ0n) is 16.7. The van der Waals surface area contributed by atoms with Gasteiger partial charge in [0.2, 0.25) is 0 Å². The van der Waals surface area contributed by atoms with Crippen molar-refractivity contribution < 1.29 is 19.1 Å². The van der Waals surface area contributed by atoms with Crippen LogP contribution in [0.2, 0.25) is 5.02 Å². The molecule has 0 fully saturated rings. The van der Waals surface area contributed by atoms with E-state index in [0.29, 0.717) is 33.3 Å². The van der Waals surface area contributed by atoms with E-state index in [0.717, 1.165) is 0 Å². The van der Waals surface area contributed by atoms with Gasteiger partial charge in [-0.15, -0.1) is 0 Å². The van der Waals surface area contributed by atoms with Crippen molar-refractivity contribution in [2.45, 2.75) is 0 Å². The number of hydrogen-bond acceptors (Lipinski definition) is 5. The van der Waals surface area contributed by atoms with E-state index in [1.54, 1.807) is 73.8 Å². The molecule has 3 aromatic carbocycles. The lowest BCUT2D eigenvalue weighted by Gasteiger charge is -2.09. The second-order valence-corrected chi connectivity index (χ2v) is 6.73. The average Bonchev–Trinajstić information content (AvgIpc) is 2.79. The van der Waals surface area contributed by atoms with Crippen LogP contribution in [-0.4, -0.2) is 31.7 Å². The fraction of sp³-hybridized carbons (Fsp3) is 0.0870. The molecule has 0 aliphatic rings. The minimum Gasteiger partial charge on any atom is -0.497 e. The van der Waals surface area contributed by atoms with E-state index in [2.05, 4.69) is 15.8 Å². The van der Waals surface area contributed by atoms with Crippen LogP contribution in [0.15, 0.2) is 77.9 Å². The van der Waals surface area contributed by atoms with Crippen molar-refractivity contribution >= 4 is 35.3 Å². The Labute approximate surface area is 184 Å². The van der Waals surface area contributed by atoms with Gasteiger partial charge in [0.15, 0.2) is 6.61 Å². The Morgan fingerprint density at radius 2 is 1.77 bits per heavy atom. The number of carbonyl (C=O) groups is 2.